The average Bonchev–Trinajstić information content (AvgIpc) is 3.46. The van der Waals surface area contributed by atoms with Crippen LogP contribution in [0.2, 0.25) is 0 Å². The van der Waals surface area contributed by atoms with Gasteiger partial charge in [-0.3, -0.25) is 0 Å². The number of hydrogen-bond donors (Lipinski definition) is 1. The van der Waals surface area contributed by atoms with Crippen LogP contribution < -0.4 is 14.8 Å². The van der Waals surface area contributed by atoms with Crippen molar-refractivity contribution in [1.82, 2.24) is 19.6 Å². The van der Waals surface area contributed by atoms with Crippen LogP contribution in [0.5, 0.6) is 11.8 Å². The molecule has 148 valence electrons. The first kappa shape index (κ1) is 18.0. The second-order valence-corrected chi connectivity index (χ2v) is 9.74. The standard InChI is InChI=1S/C20H30N4O2S/c1-13-19(25-16-6-8-21-9-7-16)22-12-23-20(13)26-17-10-14-2-3-15(11-17)24(14)27-18-4-5-18/h12,14-18,21H,2-11H2,1H3/t14-,15+,17?. The predicted octanol–water partition coefficient (Wildman–Crippen LogP) is 3.10. The molecule has 4 aliphatic rings. The molecule has 1 aromatic heterocycles. The molecule has 0 aromatic carbocycles. The number of ether oxygens (including phenoxy) is 2. The molecule has 0 amide bonds. The second kappa shape index (κ2) is 7.76. The molecule has 1 saturated carbocycles. The zero-order valence-electron chi connectivity index (χ0n) is 16.1. The Labute approximate surface area is 165 Å². The molecule has 4 heterocycles. The summed E-state index contributed by atoms with van der Waals surface area (Å²) in [6, 6.07) is 1.35. The highest BCUT2D eigenvalue weighted by atomic mass is 32.2. The molecule has 0 spiro atoms. The van der Waals surface area contributed by atoms with Gasteiger partial charge in [0.05, 0.1) is 5.56 Å². The molecule has 27 heavy (non-hydrogen) atoms. The molecule has 4 fully saturated rings. The van der Waals surface area contributed by atoms with Gasteiger partial charge in [-0.2, -0.15) is 0 Å². The maximum atomic E-state index is 6.39. The second-order valence-electron chi connectivity index (χ2n) is 8.44. The lowest BCUT2D eigenvalue weighted by molar-refractivity contribution is 0.0945. The Kier molecular flexibility index (Phi) is 5.17. The van der Waals surface area contributed by atoms with Crippen LogP contribution in [-0.4, -0.2) is 56.9 Å². The molecular weight excluding hydrogens is 360 g/mol. The Bertz CT molecular complexity index is 651. The van der Waals surface area contributed by atoms with Gasteiger partial charge in [-0.15, -0.1) is 0 Å². The van der Waals surface area contributed by atoms with E-state index in [0.717, 1.165) is 49.6 Å². The average molecular weight is 391 g/mol. The third-order valence-electron chi connectivity index (χ3n) is 6.25. The molecule has 3 saturated heterocycles. The van der Waals surface area contributed by atoms with Gasteiger partial charge in [-0.1, -0.05) is 11.9 Å². The van der Waals surface area contributed by atoms with Crippen molar-refractivity contribution in [3.8, 4) is 11.8 Å². The normalized spacial score (nSPS) is 31.8. The summed E-state index contributed by atoms with van der Waals surface area (Å²) in [5.41, 5.74) is 0.943. The van der Waals surface area contributed by atoms with E-state index in [1.54, 1.807) is 6.33 Å². The molecule has 7 heteroatoms. The van der Waals surface area contributed by atoms with Crippen LogP contribution in [0.25, 0.3) is 0 Å². The molecule has 6 nitrogen and oxygen atoms in total. The van der Waals surface area contributed by atoms with Crippen molar-refractivity contribution in [2.75, 3.05) is 13.1 Å². The fourth-order valence-electron chi connectivity index (χ4n) is 4.58. The fourth-order valence-corrected chi connectivity index (χ4v) is 6.00. The molecule has 1 aliphatic carbocycles. The zero-order valence-corrected chi connectivity index (χ0v) is 16.9. The van der Waals surface area contributed by atoms with Crippen LogP contribution in [0.4, 0.5) is 0 Å². The topological polar surface area (TPSA) is 59.5 Å². The first-order valence-electron chi connectivity index (χ1n) is 10.6. The fraction of sp³-hybridized carbons (Fsp3) is 0.800. The van der Waals surface area contributed by atoms with E-state index < -0.39 is 0 Å². The van der Waals surface area contributed by atoms with E-state index in [1.807, 2.05) is 6.92 Å². The lowest BCUT2D eigenvalue weighted by Crippen LogP contribution is -2.43. The van der Waals surface area contributed by atoms with E-state index in [0.29, 0.717) is 23.8 Å². The van der Waals surface area contributed by atoms with Gasteiger partial charge >= 0.3 is 0 Å². The number of fused-ring (bicyclic) bond motifs is 2. The van der Waals surface area contributed by atoms with E-state index >= 15 is 0 Å². The molecule has 3 aliphatic heterocycles. The van der Waals surface area contributed by atoms with Crippen LogP contribution in [0, 0.1) is 6.92 Å². The first-order chi connectivity index (χ1) is 13.3. The first-order valence-corrected chi connectivity index (χ1v) is 11.4. The Balaban J connectivity index is 1.22. The number of hydrogen-bond acceptors (Lipinski definition) is 7. The van der Waals surface area contributed by atoms with Gasteiger partial charge in [-0.05, 0) is 58.5 Å². The van der Waals surface area contributed by atoms with Gasteiger partial charge < -0.3 is 14.8 Å². The summed E-state index contributed by atoms with van der Waals surface area (Å²) >= 11 is 2.13. The summed E-state index contributed by atoms with van der Waals surface area (Å²) in [4.78, 5) is 8.80. The summed E-state index contributed by atoms with van der Waals surface area (Å²) in [5, 5.41) is 4.26. The Morgan fingerprint density at radius 1 is 0.926 bits per heavy atom. The number of nitrogens with one attached hydrogen (secondary N) is 1. The summed E-state index contributed by atoms with van der Waals surface area (Å²) in [5.74, 6) is 1.40. The predicted molar refractivity (Wildman–Crippen MR) is 106 cm³/mol. The quantitative estimate of drug-likeness (QED) is 0.749. The number of rotatable bonds is 6. The lowest BCUT2D eigenvalue weighted by Gasteiger charge is -2.37. The van der Waals surface area contributed by atoms with Crippen LogP contribution in [0.3, 0.4) is 0 Å². The maximum Gasteiger partial charge on any atom is 0.223 e. The van der Waals surface area contributed by atoms with E-state index in [1.165, 1.54) is 25.7 Å². The Hall–Kier alpha value is -1.05. The van der Waals surface area contributed by atoms with Crippen LogP contribution in [0.1, 0.15) is 56.9 Å². The largest absolute Gasteiger partial charge is 0.474 e. The molecule has 2 bridgehead atoms. The zero-order chi connectivity index (χ0) is 18.2. The van der Waals surface area contributed by atoms with E-state index in [9.17, 15) is 0 Å². The third-order valence-corrected chi connectivity index (χ3v) is 7.86. The van der Waals surface area contributed by atoms with Crippen molar-refractivity contribution in [2.24, 2.45) is 0 Å². The molecule has 5 rings (SSSR count). The third kappa shape index (κ3) is 4.05. The van der Waals surface area contributed by atoms with Gasteiger partial charge in [0.25, 0.3) is 0 Å². The Morgan fingerprint density at radius 3 is 2.19 bits per heavy atom. The summed E-state index contributed by atoms with van der Waals surface area (Å²) in [7, 11) is 0. The van der Waals surface area contributed by atoms with Gasteiger partial charge in [0.1, 0.15) is 18.5 Å². The van der Waals surface area contributed by atoms with Crippen LogP contribution in [0.15, 0.2) is 6.33 Å². The highest BCUT2D eigenvalue weighted by Crippen LogP contribution is 2.47. The summed E-state index contributed by atoms with van der Waals surface area (Å²) < 4.78 is 15.2. The lowest BCUT2D eigenvalue weighted by atomic mass is 10.0. The number of piperidine rings is 2. The van der Waals surface area contributed by atoms with E-state index in [-0.39, 0.29) is 12.2 Å². The minimum absolute atomic E-state index is 0.242. The maximum absolute atomic E-state index is 6.39. The van der Waals surface area contributed by atoms with Gasteiger partial charge in [0.15, 0.2) is 0 Å². The SMILES string of the molecule is Cc1c(OC2CCNCC2)ncnc1OC1C[C@H]2CC[C@@H](C1)N2SC1CC1. The molecule has 1 aromatic rings. The number of nitrogens with zero attached hydrogens (tertiary/aromatic N) is 3. The van der Waals surface area contributed by atoms with Crippen molar-refractivity contribution < 1.29 is 9.47 Å². The van der Waals surface area contributed by atoms with Crippen molar-refractivity contribution >= 4 is 11.9 Å². The Morgan fingerprint density at radius 2 is 1.56 bits per heavy atom. The van der Waals surface area contributed by atoms with Crippen molar-refractivity contribution in [3.63, 3.8) is 0 Å². The van der Waals surface area contributed by atoms with Crippen molar-refractivity contribution in [1.29, 1.82) is 0 Å². The van der Waals surface area contributed by atoms with Crippen LogP contribution >= 0.6 is 11.9 Å². The minimum Gasteiger partial charge on any atom is -0.474 e. The molecular formula is C20H30N4O2S. The molecule has 0 radical (unpaired) electrons. The van der Waals surface area contributed by atoms with Gasteiger partial charge in [0, 0.05) is 30.2 Å². The summed E-state index contributed by atoms with van der Waals surface area (Å²) in [6.07, 6.45) is 11.8. The van der Waals surface area contributed by atoms with E-state index in [2.05, 4.69) is 31.5 Å². The van der Waals surface area contributed by atoms with Gasteiger partial charge in [0.2, 0.25) is 11.8 Å². The smallest absolute Gasteiger partial charge is 0.223 e. The molecule has 1 unspecified atom stereocenters. The van der Waals surface area contributed by atoms with Crippen molar-refractivity contribution in [3.05, 3.63) is 11.9 Å². The molecule has 1 N–H and O–H groups in total. The minimum atomic E-state index is 0.242. The highest BCUT2D eigenvalue weighted by Gasteiger charge is 2.44. The molecule has 3 atom stereocenters. The summed E-state index contributed by atoms with van der Waals surface area (Å²) in [6.45, 7) is 4.05. The van der Waals surface area contributed by atoms with Gasteiger partial charge in [-0.25, -0.2) is 14.3 Å². The van der Waals surface area contributed by atoms with Crippen LogP contribution in [-0.2, 0) is 0 Å². The number of aromatic nitrogens is 2. The van der Waals surface area contributed by atoms with Crippen molar-refractivity contribution in [2.45, 2.75) is 87.8 Å². The highest BCUT2D eigenvalue weighted by molar-refractivity contribution is 7.97. The van der Waals surface area contributed by atoms with E-state index in [4.69, 9.17) is 9.47 Å². The monoisotopic (exact) mass is 390 g/mol.